The number of carbonyl (C=O) groups is 4. The lowest BCUT2D eigenvalue weighted by molar-refractivity contribution is -0.130. The Labute approximate surface area is 210 Å². The molecule has 0 unspecified atom stereocenters. The summed E-state index contributed by atoms with van der Waals surface area (Å²) in [5.74, 6) is -4.87. The highest BCUT2D eigenvalue weighted by Crippen LogP contribution is 2.54. The number of primary amides is 1. The summed E-state index contributed by atoms with van der Waals surface area (Å²) in [6, 6.07) is 15.4. The van der Waals surface area contributed by atoms with Crippen LogP contribution in [0, 0.1) is 17.7 Å². The van der Waals surface area contributed by atoms with Gasteiger partial charge in [-0.2, -0.15) is 0 Å². The second-order valence-electron chi connectivity index (χ2n) is 9.50. The van der Waals surface area contributed by atoms with Crippen LogP contribution in [0.2, 0.25) is 0 Å². The Kier molecular flexibility index (Phi) is 4.93. The average Bonchev–Trinajstić information content (AvgIpc) is 3.45. The lowest BCUT2D eigenvalue weighted by atomic mass is 9.76. The number of nitrogens with one attached hydrogen (secondary N) is 2. The van der Waals surface area contributed by atoms with Gasteiger partial charge in [-0.15, -0.1) is 0 Å². The molecule has 0 bridgehead atoms. The third-order valence-corrected chi connectivity index (χ3v) is 7.48. The van der Waals surface area contributed by atoms with E-state index in [1.165, 1.54) is 54.6 Å². The van der Waals surface area contributed by atoms with E-state index in [9.17, 15) is 28.7 Å². The molecule has 9 nitrogen and oxygen atoms in total. The van der Waals surface area contributed by atoms with E-state index in [-0.39, 0.29) is 29.0 Å². The van der Waals surface area contributed by atoms with Gasteiger partial charge in [0.1, 0.15) is 17.1 Å². The zero-order chi connectivity index (χ0) is 26.1. The number of nitrogens with two attached hydrogens (primary N) is 1. The van der Waals surface area contributed by atoms with Crippen LogP contribution in [0.4, 0.5) is 15.8 Å². The number of halogens is 1. The number of amides is 4. The van der Waals surface area contributed by atoms with Crippen LogP contribution in [0.25, 0.3) is 0 Å². The van der Waals surface area contributed by atoms with Crippen LogP contribution in [0.3, 0.4) is 0 Å². The molecule has 0 saturated carbocycles. The molecular formula is C27H21FN4O5. The summed E-state index contributed by atoms with van der Waals surface area (Å²) in [6.45, 7) is 0. The summed E-state index contributed by atoms with van der Waals surface area (Å²) >= 11 is 0. The molecule has 4 amide bonds. The molecule has 6 rings (SSSR count). The molecule has 0 radical (unpaired) electrons. The van der Waals surface area contributed by atoms with Crippen LogP contribution >= 0.6 is 0 Å². The average molecular weight is 500 g/mol. The van der Waals surface area contributed by atoms with E-state index in [0.717, 1.165) is 10.5 Å². The SMILES string of the molecule is NC(=O)c1ccc(N2C(=O)[C@@H]3[C@H](Cc4ccc(O)cc4)N[C@]4(C(=O)Nc5ccc(F)cc54)[C@H]3C2=O)cc1. The van der Waals surface area contributed by atoms with E-state index in [0.29, 0.717) is 5.69 Å². The van der Waals surface area contributed by atoms with Crippen molar-refractivity contribution in [2.24, 2.45) is 17.6 Å². The smallest absolute Gasteiger partial charge is 0.250 e. The van der Waals surface area contributed by atoms with Crippen LogP contribution in [-0.4, -0.2) is 34.8 Å². The number of anilines is 2. The molecule has 186 valence electrons. The number of imide groups is 1. The Balaban J connectivity index is 1.47. The van der Waals surface area contributed by atoms with Crippen molar-refractivity contribution in [2.75, 3.05) is 10.2 Å². The van der Waals surface area contributed by atoms with E-state index in [4.69, 9.17) is 5.73 Å². The maximum Gasteiger partial charge on any atom is 0.250 e. The van der Waals surface area contributed by atoms with Crippen molar-refractivity contribution in [3.8, 4) is 5.75 Å². The number of carbonyl (C=O) groups excluding carboxylic acids is 4. The molecule has 1 spiro atoms. The van der Waals surface area contributed by atoms with Gasteiger partial charge in [0.25, 0.3) is 0 Å². The van der Waals surface area contributed by atoms with Gasteiger partial charge in [-0.25, -0.2) is 9.29 Å². The second kappa shape index (κ2) is 7.97. The highest BCUT2D eigenvalue weighted by Gasteiger charge is 2.70. The Morgan fingerprint density at radius 2 is 1.70 bits per heavy atom. The van der Waals surface area contributed by atoms with Crippen LogP contribution in [0.1, 0.15) is 21.5 Å². The van der Waals surface area contributed by atoms with Crippen LogP contribution in [-0.2, 0) is 26.3 Å². The number of benzene rings is 3. The van der Waals surface area contributed by atoms with Crippen molar-refractivity contribution < 1.29 is 28.7 Å². The molecule has 2 saturated heterocycles. The molecule has 3 aromatic rings. The van der Waals surface area contributed by atoms with Crippen molar-refractivity contribution in [2.45, 2.75) is 18.0 Å². The number of fused-ring (bicyclic) bond motifs is 4. The molecule has 37 heavy (non-hydrogen) atoms. The molecule has 10 heteroatoms. The predicted molar refractivity (Wildman–Crippen MR) is 130 cm³/mol. The van der Waals surface area contributed by atoms with Gasteiger partial charge in [0, 0.05) is 22.9 Å². The molecule has 2 fully saturated rings. The van der Waals surface area contributed by atoms with Crippen molar-refractivity contribution in [3.63, 3.8) is 0 Å². The molecule has 5 N–H and O–H groups in total. The lowest BCUT2D eigenvalue weighted by Crippen LogP contribution is -2.53. The Bertz CT molecular complexity index is 1490. The van der Waals surface area contributed by atoms with Gasteiger partial charge in [-0.3, -0.25) is 24.5 Å². The third kappa shape index (κ3) is 3.26. The fraction of sp³-hybridized carbons (Fsp3) is 0.185. The van der Waals surface area contributed by atoms with Gasteiger partial charge in [0.2, 0.25) is 23.6 Å². The molecule has 3 aromatic carbocycles. The third-order valence-electron chi connectivity index (χ3n) is 7.48. The minimum absolute atomic E-state index is 0.0785. The minimum atomic E-state index is -1.65. The molecular weight excluding hydrogens is 479 g/mol. The first kappa shape index (κ1) is 22.9. The van der Waals surface area contributed by atoms with E-state index in [1.807, 2.05) is 0 Å². The van der Waals surface area contributed by atoms with Crippen LogP contribution in [0.5, 0.6) is 5.75 Å². The zero-order valence-corrected chi connectivity index (χ0v) is 19.3. The van der Waals surface area contributed by atoms with Gasteiger partial charge in [-0.1, -0.05) is 12.1 Å². The Hall–Kier alpha value is -4.57. The van der Waals surface area contributed by atoms with E-state index in [2.05, 4.69) is 10.6 Å². The predicted octanol–water partition coefficient (Wildman–Crippen LogP) is 1.80. The minimum Gasteiger partial charge on any atom is -0.508 e. The summed E-state index contributed by atoms with van der Waals surface area (Å²) in [4.78, 5) is 53.8. The number of aromatic hydroxyl groups is 1. The number of nitrogens with zero attached hydrogens (tertiary/aromatic N) is 1. The zero-order valence-electron chi connectivity index (χ0n) is 19.3. The first-order valence-electron chi connectivity index (χ1n) is 11.7. The molecule has 4 atom stereocenters. The number of phenolic OH excluding ortho intramolecular Hbond substituents is 1. The maximum atomic E-state index is 14.4. The normalized spacial score (nSPS) is 25.9. The fourth-order valence-corrected chi connectivity index (χ4v) is 5.86. The quantitative estimate of drug-likeness (QED) is 0.403. The van der Waals surface area contributed by atoms with E-state index < -0.39 is 52.9 Å². The highest BCUT2D eigenvalue weighted by atomic mass is 19.1. The number of hydrogen-bond donors (Lipinski definition) is 4. The van der Waals surface area contributed by atoms with E-state index >= 15 is 0 Å². The van der Waals surface area contributed by atoms with Gasteiger partial charge in [-0.05, 0) is 66.6 Å². The monoisotopic (exact) mass is 500 g/mol. The van der Waals surface area contributed by atoms with Gasteiger partial charge in [0.15, 0.2) is 0 Å². The van der Waals surface area contributed by atoms with Crippen molar-refractivity contribution >= 4 is 35.0 Å². The molecule has 3 aliphatic rings. The van der Waals surface area contributed by atoms with Crippen LogP contribution < -0.4 is 21.3 Å². The standard InChI is InChI=1S/C27H21FN4O5/c28-15-5-10-19-18(12-15)27(26(37)30-19)22-21(20(31-27)11-13-1-8-17(33)9-2-13)24(35)32(25(22)36)16-6-3-14(4-7-16)23(29)34/h1-10,12,20-22,31,33H,11H2,(H2,29,34)(H,30,37)/t20-,21+,22+,27-/m0/s1. The molecule has 3 aliphatic heterocycles. The number of phenols is 1. The lowest BCUT2D eigenvalue weighted by Gasteiger charge is -2.29. The Morgan fingerprint density at radius 3 is 2.38 bits per heavy atom. The highest BCUT2D eigenvalue weighted by molar-refractivity contribution is 6.25. The molecule has 0 aliphatic carbocycles. The summed E-state index contributed by atoms with van der Waals surface area (Å²) in [5, 5.41) is 15.6. The summed E-state index contributed by atoms with van der Waals surface area (Å²) in [5.41, 5.74) is 5.53. The topological polar surface area (TPSA) is 142 Å². The van der Waals surface area contributed by atoms with Gasteiger partial charge < -0.3 is 16.2 Å². The van der Waals surface area contributed by atoms with Crippen molar-refractivity contribution in [1.29, 1.82) is 0 Å². The first-order chi connectivity index (χ1) is 17.7. The molecule has 0 aromatic heterocycles. The van der Waals surface area contributed by atoms with Crippen LogP contribution in [0.15, 0.2) is 66.7 Å². The molecule has 3 heterocycles. The van der Waals surface area contributed by atoms with Gasteiger partial charge >= 0.3 is 0 Å². The summed E-state index contributed by atoms with van der Waals surface area (Å²) < 4.78 is 14.4. The van der Waals surface area contributed by atoms with E-state index in [1.54, 1.807) is 12.1 Å². The van der Waals surface area contributed by atoms with Crippen molar-refractivity contribution in [1.82, 2.24) is 5.32 Å². The summed E-state index contributed by atoms with van der Waals surface area (Å²) in [7, 11) is 0. The largest absolute Gasteiger partial charge is 0.508 e. The number of rotatable bonds is 4. The van der Waals surface area contributed by atoms with Crippen molar-refractivity contribution in [3.05, 3.63) is 89.2 Å². The second-order valence-corrected chi connectivity index (χ2v) is 9.50. The summed E-state index contributed by atoms with van der Waals surface area (Å²) in [6.07, 6.45) is 0.272. The first-order valence-corrected chi connectivity index (χ1v) is 11.7. The number of hydrogen-bond acceptors (Lipinski definition) is 6. The Morgan fingerprint density at radius 1 is 1.00 bits per heavy atom. The maximum absolute atomic E-state index is 14.4. The fourth-order valence-electron chi connectivity index (χ4n) is 5.86. The van der Waals surface area contributed by atoms with Gasteiger partial charge in [0.05, 0.1) is 17.5 Å².